The van der Waals surface area contributed by atoms with Crippen LogP contribution in [-0.4, -0.2) is 61.8 Å². The summed E-state index contributed by atoms with van der Waals surface area (Å²) < 4.78 is 17.5. The molecule has 0 aliphatic carbocycles. The highest BCUT2D eigenvalue weighted by Gasteiger charge is 2.37. The van der Waals surface area contributed by atoms with Gasteiger partial charge in [0.25, 0.3) is 0 Å². The molecule has 0 N–H and O–H groups in total. The van der Waals surface area contributed by atoms with E-state index in [1.807, 2.05) is 0 Å². The van der Waals surface area contributed by atoms with Crippen LogP contribution in [0.2, 0.25) is 6.04 Å². The van der Waals surface area contributed by atoms with Crippen molar-refractivity contribution in [2.75, 3.05) is 48.5 Å². The number of quaternary nitrogens is 1. The molecule has 0 rings (SSSR count). The van der Waals surface area contributed by atoms with E-state index in [9.17, 15) is 0 Å². The molecular formula is C16H38BrNO3Si. The standard InChI is InChI=1S/C16H38NO3Si.BrH/c1-7-8-9-10-11-12-14-17(2,3)15-13-16-21(18-4,19-5)20-6;/h7-16H2,1-6H3;1H/q+1;/p-1. The smallest absolute Gasteiger partial charge is 0.500 e. The van der Waals surface area contributed by atoms with Crippen LogP contribution in [0.3, 0.4) is 0 Å². The average molecular weight is 400 g/mol. The van der Waals surface area contributed by atoms with Gasteiger partial charge in [0.1, 0.15) is 0 Å². The predicted molar refractivity (Wildman–Crippen MR) is 91.4 cm³/mol. The zero-order chi connectivity index (χ0) is 16.2. The van der Waals surface area contributed by atoms with Crippen molar-refractivity contribution in [3.05, 3.63) is 0 Å². The normalized spacial score (nSPS) is 12.3. The van der Waals surface area contributed by atoms with Gasteiger partial charge in [-0.1, -0.05) is 32.6 Å². The maximum absolute atomic E-state index is 5.47. The molecule has 0 bridgehead atoms. The van der Waals surface area contributed by atoms with Crippen LogP contribution in [0.25, 0.3) is 0 Å². The fraction of sp³-hybridized carbons (Fsp3) is 1.00. The molecular weight excluding hydrogens is 362 g/mol. The van der Waals surface area contributed by atoms with E-state index in [0.29, 0.717) is 0 Å². The highest BCUT2D eigenvalue weighted by Crippen LogP contribution is 2.17. The van der Waals surface area contributed by atoms with Crippen LogP contribution in [0.4, 0.5) is 0 Å². The van der Waals surface area contributed by atoms with Crippen LogP contribution in [0.1, 0.15) is 51.9 Å². The first kappa shape index (κ1) is 24.8. The van der Waals surface area contributed by atoms with Gasteiger partial charge in [-0.15, -0.1) is 0 Å². The Labute approximate surface area is 150 Å². The molecule has 6 heteroatoms. The van der Waals surface area contributed by atoms with Gasteiger partial charge in [-0.05, 0) is 12.8 Å². The van der Waals surface area contributed by atoms with Crippen LogP contribution in [0.15, 0.2) is 0 Å². The summed E-state index contributed by atoms with van der Waals surface area (Å²) in [5.41, 5.74) is 0. The lowest BCUT2D eigenvalue weighted by Crippen LogP contribution is -3.00. The zero-order valence-electron chi connectivity index (χ0n) is 15.6. The molecule has 0 aliphatic heterocycles. The molecule has 0 fully saturated rings. The van der Waals surface area contributed by atoms with Crippen LogP contribution in [0, 0.1) is 0 Å². The fourth-order valence-electron chi connectivity index (χ4n) is 2.71. The molecule has 0 atom stereocenters. The number of nitrogens with zero attached hydrogens (tertiary/aromatic N) is 1. The maximum atomic E-state index is 5.47. The van der Waals surface area contributed by atoms with Gasteiger partial charge in [-0.25, -0.2) is 0 Å². The number of unbranched alkanes of at least 4 members (excludes halogenated alkanes) is 5. The lowest BCUT2D eigenvalue weighted by Gasteiger charge is -2.31. The lowest BCUT2D eigenvalue weighted by atomic mass is 10.1. The van der Waals surface area contributed by atoms with Crippen molar-refractivity contribution >= 4 is 8.80 Å². The van der Waals surface area contributed by atoms with E-state index in [2.05, 4.69) is 21.0 Å². The minimum atomic E-state index is -2.38. The second-order valence-corrected chi connectivity index (χ2v) is 9.64. The molecule has 4 nitrogen and oxygen atoms in total. The second kappa shape index (κ2) is 13.9. The number of hydrogen-bond acceptors (Lipinski definition) is 3. The Bertz CT molecular complexity index is 243. The van der Waals surface area contributed by atoms with Crippen LogP contribution < -0.4 is 17.0 Å². The predicted octanol–water partition coefficient (Wildman–Crippen LogP) is 0.696. The van der Waals surface area contributed by atoms with Gasteiger partial charge >= 0.3 is 8.80 Å². The van der Waals surface area contributed by atoms with E-state index in [1.54, 1.807) is 21.3 Å². The molecule has 0 aliphatic rings. The van der Waals surface area contributed by atoms with Crippen LogP contribution >= 0.6 is 0 Å². The summed E-state index contributed by atoms with van der Waals surface area (Å²) in [6, 6.07) is 0.898. The molecule has 0 aromatic rings. The molecule has 136 valence electrons. The summed E-state index contributed by atoms with van der Waals surface area (Å²) in [4.78, 5) is 0. The van der Waals surface area contributed by atoms with Crippen molar-refractivity contribution < 1.29 is 34.7 Å². The van der Waals surface area contributed by atoms with Gasteiger partial charge in [0.05, 0.1) is 27.2 Å². The Kier molecular flexibility index (Phi) is 15.7. The van der Waals surface area contributed by atoms with Crippen molar-refractivity contribution in [2.45, 2.75) is 57.9 Å². The van der Waals surface area contributed by atoms with E-state index in [1.165, 1.54) is 45.1 Å². The van der Waals surface area contributed by atoms with Gasteiger partial charge < -0.3 is 34.7 Å². The van der Waals surface area contributed by atoms with Gasteiger partial charge in [0.15, 0.2) is 0 Å². The molecule has 0 aromatic carbocycles. The molecule has 0 amide bonds. The van der Waals surface area contributed by atoms with E-state index in [-0.39, 0.29) is 17.0 Å². The molecule has 0 heterocycles. The van der Waals surface area contributed by atoms with Gasteiger partial charge in [-0.2, -0.15) is 0 Å². The molecule has 0 saturated carbocycles. The molecule has 0 saturated heterocycles. The van der Waals surface area contributed by atoms with Crippen LogP contribution in [0.5, 0.6) is 0 Å². The Hall–Kier alpha value is 0.537. The number of halogens is 1. The van der Waals surface area contributed by atoms with Crippen LogP contribution in [-0.2, 0) is 13.3 Å². The monoisotopic (exact) mass is 399 g/mol. The van der Waals surface area contributed by atoms with Gasteiger partial charge in [0.2, 0.25) is 0 Å². The Morgan fingerprint density at radius 2 is 1.18 bits per heavy atom. The first-order valence-electron chi connectivity index (χ1n) is 8.42. The summed E-state index contributed by atoms with van der Waals surface area (Å²) in [6.45, 7) is 4.68. The Morgan fingerprint density at radius 1 is 0.727 bits per heavy atom. The highest BCUT2D eigenvalue weighted by molar-refractivity contribution is 6.60. The lowest BCUT2D eigenvalue weighted by molar-refractivity contribution is -0.890. The highest BCUT2D eigenvalue weighted by atomic mass is 79.9. The fourth-order valence-corrected chi connectivity index (χ4v) is 4.42. The largest absolute Gasteiger partial charge is 1.00 e. The molecule has 0 aromatic heterocycles. The summed E-state index contributed by atoms with van der Waals surface area (Å²) >= 11 is 0. The summed E-state index contributed by atoms with van der Waals surface area (Å²) in [5, 5.41) is 0. The third-order valence-electron chi connectivity index (χ3n) is 4.30. The van der Waals surface area contributed by atoms with Crippen molar-refractivity contribution in [2.24, 2.45) is 0 Å². The second-order valence-electron chi connectivity index (χ2n) is 6.55. The molecule has 0 unspecified atom stereocenters. The first-order chi connectivity index (χ1) is 9.95. The third kappa shape index (κ3) is 11.1. The average Bonchev–Trinajstić information content (AvgIpc) is 2.48. The van der Waals surface area contributed by atoms with Gasteiger partial charge in [-0.3, -0.25) is 0 Å². The summed E-state index contributed by atoms with van der Waals surface area (Å²) in [5.74, 6) is 0. The Balaban J connectivity index is 0. The minimum absolute atomic E-state index is 0. The van der Waals surface area contributed by atoms with E-state index < -0.39 is 8.80 Å². The zero-order valence-corrected chi connectivity index (χ0v) is 18.2. The number of hydrogen-bond donors (Lipinski definition) is 0. The number of rotatable bonds is 14. The topological polar surface area (TPSA) is 27.7 Å². The van der Waals surface area contributed by atoms with E-state index in [4.69, 9.17) is 13.3 Å². The third-order valence-corrected chi connectivity index (χ3v) is 7.13. The van der Waals surface area contributed by atoms with Gasteiger partial charge in [0, 0.05) is 33.8 Å². The first-order valence-corrected chi connectivity index (χ1v) is 10.4. The van der Waals surface area contributed by atoms with E-state index in [0.717, 1.165) is 23.5 Å². The molecule has 0 spiro atoms. The molecule has 0 radical (unpaired) electrons. The SMILES string of the molecule is CCCCCCCC[N+](C)(C)CCC[Si](OC)(OC)OC.[Br-]. The minimum Gasteiger partial charge on any atom is -1.00 e. The van der Waals surface area contributed by atoms with E-state index >= 15 is 0 Å². The summed E-state index contributed by atoms with van der Waals surface area (Å²) in [6.07, 6.45) is 9.29. The van der Waals surface area contributed by atoms with Crippen molar-refractivity contribution in [3.63, 3.8) is 0 Å². The maximum Gasteiger partial charge on any atom is 0.500 e. The Morgan fingerprint density at radius 3 is 1.68 bits per heavy atom. The molecule has 22 heavy (non-hydrogen) atoms. The summed E-state index contributed by atoms with van der Waals surface area (Å²) in [7, 11) is 7.33. The van der Waals surface area contributed by atoms with Crippen molar-refractivity contribution in [3.8, 4) is 0 Å². The van der Waals surface area contributed by atoms with Crippen molar-refractivity contribution in [1.29, 1.82) is 0 Å². The van der Waals surface area contributed by atoms with Crippen molar-refractivity contribution in [1.82, 2.24) is 0 Å². The quantitative estimate of drug-likeness (QED) is 0.244.